The molecule has 112 valence electrons. The lowest BCUT2D eigenvalue weighted by molar-refractivity contribution is 0.0943. The number of nitrogens with zero attached hydrogens (tertiary/aromatic N) is 2. The number of hydrogen-bond acceptors (Lipinski definition) is 5. The van der Waals surface area contributed by atoms with Gasteiger partial charge in [-0.25, -0.2) is 9.37 Å². The number of carbonyl (C=O) groups is 1. The van der Waals surface area contributed by atoms with E-state index in [1.165, 1.54) is 12.3 Å². The first kappa shape index (κ1) is 16.3. The van der Waals surface area contributed by atoms with Gasteiger partial charge in [-0.05, 0) is 13.1 Å². The normalized spacial score (nSPS) is 10.7. The van der Waals surface area contributed by atoms with Crippen LogP contribution < -0.4 is 10.6 Å². The molecule has 0 saturated heterocycles. The molecule has 0 radical (unpaired) electrons. The Morgan fingerprint density at radius 2 is 2.25 bits per heavy atom. The molecule has 2 N–H and O–H groups in total. The number of hydrogen-bond donors (Lipinski definition) is 2. The smallest absolute Gasteiger partial charge is 0.254 e. The molecule has 0 unspecified atom stereocenters. The zero-order chi connectivity index (χ0) is 15.0. The lowest BCUT2D eigenvalue weighted by Gasteiger charge is -2.16. The van der Waals surface area contributed by atoms with Gasteiger partial charge in [0.05, 0.1) is 12.2 Å². The van der Waals surface area contributed by atoms with Crippen molar-refractivity contribution in [2.75, 3.05) is 52.8 Å². The maximum Gasteiger partial charge on any atom is 0.254 e. The molecule has 1 rings (SSSR count). The summed E-state index contributed by atoms with van der Waals surface area (Å²) in [6.45, 7) is 2.52. The van der Waals surface area contributed by atoms with E-state index >= 15 is 0 Å². The van der Waals surface area contributed by atoms with Crippen molar-refractivity contribution in [1.82, 2.24) is 15.2 Å². The van der Waals surface area contributed by atoms with Gasteiger partial charge in [0.2, 0.25) is 0 Å². The van der Waals surface area contributed by atoms with Gasteiger partial charge in [-0.3, -0.25) is 4.79 Å². The van der Waals surface area contributed by atoms with Gasteiger partial charge in [-0.1, -0.05) is 0 Å². The number of ether oxygens (including phenoxy) is 1. The number of amides is 1. The monoisotopic (exact) mass is 284 g/mol. The molecule has 0 atom stereocenters. The minimum absolute atomic E-state index is 0.0103. The van der Waals surface area contributed by atoms with Crippen molar-refractivity contribution in [3.8, 4) is 0 Å². The topological polar surface area (TPSA) is 66.5 Å². The van der Waals surface area contributed by atoms with Gasteiger partial charge in [0.25, 0.3) is 5.91 Å². The number of rotatable bonds is 8. The Kier molecular flexibility index (Phi) is 6.89. The third kappa shape index (κ3) is 4.75. The highest BCUT2D eigenvalue weighted by Gasteiger charge is 2.14. The van der Waals surface area contributed by atoms with Gasteiger partial charge in [-0.2, -0.15) is 0 Å². The van der Waals surface area contributed by atoms with Gasteiger partial charge in [0.15, 0.2) is 11.6 Å². The Hall–Kier alpha value is -1.73. The third-order valence-electron chi connectivity index (χ3n) is 2.83. The minimum Gasteiger partial charge on any atom is -0.383 e. The molecule has 7 heteroatoms. The van der Waals surface area contributed by atoms with E-state index in [-0.39, 0.29) is 11.4 Å². The second-order valence-corrected chi connectivity index (χ2v) is 4.32. The molecular formula is C13H21FN4O2. The fourth-order valence-corrected chi connectivity index (χ4v) is 1.61. The van der Waals surface area contributed by atoms with Crippen molar-refractivity contribution in [3.05, 3.63) is 23.6 Å². The summed E-state index contributed by atoms with van der Waals surface area (Å²) in [5.41, 5.74) is -0.0103. The molecule has 0 spiro atoms. The Balaban J connectivity index is 2.47. The van der Waals surface area contributed by atoms with E-state index in [9.17, 15) is 9.18 Å². The summed E-state index contributed by atoms with van der Waals surface area (Å²) in [6.07, 6.45) is 1.40. The van der Waals surface area contributed by atoms with Crippen LogP contribution in [0.1, 0.15) is 10.4 Å². The van der Waals surface area contributed by atoms with Crippen LogP contribution in [0.3, 0.4) is 0 Å². The summed E-state index contributed by atoms with van der Waals surface area (Å²) >= 11 is 0. The zero-order valence-corrected chi connectivity index (χ0v) is 12.1. The van der Waals surface area contributed by atoms with Gasteiger partial charge >= 0.3 is 0 Å². The van der Waals surface area contributed by atoms with Crippen molar-refractivity contribution in [2.45, 2.75) is 0 Å². The standard InChI is InChI=1S/C13H21FN4O2/c1-15-12-11(14)10(4-5-16-12)13(19)17-6-7-18(2)8-9-20-3/h4-5H,6-9H2,1-3H3,(H,15,16)(H,17,19). The maximum absolute atomic E-state index is 13.9. The van der Waals surface area contributed by atoms with Crippen molar-refractivity contribution >= 4 is 11.7 Å². The fourth-order valence-electron chi connectivity index (χ4n) is 1.61. The highest BCUT2D eigenvalue weighted by Crippen LogP contribution is 2.13. The van der Waals surface area contributed by atoms with Crippen molar-refractivity contribution in [3.63, 3.8) is 0 Å². The summed E-state index contributed by atoms with van der Waals surface area (Å²) in [6, 6.07) is 1.36. The van der Waals surface area contributed by atoms with Crippen molar-refractivity contribution in [1.29, 1.82) is 0 Å². The van der Waals surface area contributed by atoms with Crippen LogP contribution in [0, 0.1) is 5.82 Å². The van der Waals surface area contributed by atoms with Gasteiger partial charge in [0, 0.05) is 40.0 Å². The molecule has 20 heavy (non-hydrogen) atoms. The van der Waals surface area contributed by atoms with E-state index in [0.717, 1.165) is 6.54 Å². The van der Waals surface area contributed by atoms with E-state index in [1.54, 1.807) is 14.2 Å². The van der Waals surface area contributed by atoms with Crippen molar-refractivity contribution in [2.24, 2.45) is 0 Å². The lowest BCUT2D eigenvalue weighted by Crippen LogP contribution is -2.34. The number of aromatic nitrogens is 1. The van der Waals surface area contributed by atoms with Crippen molar-refractivity contribution < 1.29 is 13.9 Å². The number of anilines is 1. The third-order valence-corrected chi connectivity index (χ3v) is 2.83. The second-order valence-electron chi connectivity index (χ2n) is 4.32. The number of nitrogens with one attached hydrogen (secondary N) is 2. The first-order chi connectivity index (χ1) is 9.60. The van der Waals surface area contributed by atoms with E-state index in [4.69, 9.17) is 4.74 Å². The van der Waals surface area contributed by atoms with Crippen LogP contribution in [0.5, 0.6) is 0 Å². The first-order valence-electron chi connectivity index (χ1n) is 6.38. The highest BCUT2D eigenvalue weighted by molar-refractivity contribution is 5.95. The number of pyridine rings is 1. The first-order valence-corrected chi connectivity index (χ1v) is 6.38. The molecule has 0 aliphatic rings. The van der Waals surface area contributed by atoms with Crippen LogP contribution in [-0.4, -0.2) is 63.2 Å². The summed E-state index contributed by atoms with van der Waals surface area (Å²) < 4.78 is 18.8. The molecule has 1 aromatic heterocycles. The highest BCUT2D eigenvalue weighted by atomic mass is 19.1. The molecule has 0 fully saturated rings. The van der Waals surface area contributed by atoms with Gasteiger partial charge < -0.3 is 20.3 Å². The second kappa shape index (κ2) is 8.44. The molecule has 0 aliphatic carbocycles. The molecular weight excluding hydrogens is 263 g/mol. The van der Waals surface area contributed by atoms with E-state index in [1.807, 2.05) is 11.9 Å². The average molecular weight is 284 g/mol. The van der Waals surface area contributed by atoms with E-state index < -0.39 is 11.7 Å². The molecule has 1 aromatic rings. The summed E-state index contributed by atoms with van der Waals surface area (Å²) in [4.78, 5) is 17.7. The molecule has 0 aromatic carbocycles. The largest absolute Gasteiger partial charge is 0.383 e. The maximum atomic E-state index is 13.9. The fraction of sp³-hybridized carbons (Fsp3) is 0.538. The molecule has 6 nitrogen and oxygen atoms in total. The Labute approximate surface area is 118 Å². The van der Waals surface area contributed by atoms with E-state index in [2.05, 4.69) is 15.6 Å². The van der Waals surface area contributed by atoms with Crippen LogP contribution in [-0.2, 0) is 4.74 Å². The number of likely N-dealkylation sites (N-methyl/N-ethyl adjacent to an activating group) is 1. The summed E-state index contributed by atoms with van der Waals surface area (Å²) in [5, 5.41) is 5.28. The SMILES string of the molecule is CNc1nccc(C(=O)NCCN(C)CCOC)c1F. The number of carbonyl (C=O) groups excluding carboxylic acids is 1. The van der Waals surface area contributed by atoms with Gasteiger partial charge in [0.1, 0.15) is 0 Å². The predicted molar refractivity (Wildman–Crippen MR) is 75.4 cm³/mol. The Morgan fingerprint density at radius 3 is 2.90 bits per heavy atom. The van der Waals surface area contributed by atoms with Crippen LogP contribution in [0.2, 0.25) is 0 Å². The van der Waals surface area contributed by atoms with E-state index in [0.29, 0.717) is 19.7 Å². The van der Waals surface area contributed by atoms with Crippen LogP contribution in [0.15, 0.2) is 12.3 Å². The van der Waals surface area contributed by atoms with Gasteiger partial charge in [-0.15, -0.1) is 0 Å². The molecule has 1 heterocycles. The van der Waals surface area contributed by atoms with Crippen LogP contribution >= 0.6 is 0 Å². The molecule has 0 bridgehead atoms. The molecule has 0 saturated carbocycles. The predicted octanol–water partition coefficient (Wildman–Crippen LogP) is 0.570. The van der Waals surface area contributed by atoms with Crippen LogP contribution in [0.4, 0.5) is 10.2 Å². The number of methoxy groups -OCH3 is 1. The average Bonchev–Trinajstić information content (AvgIpc) is 2.45. The molecule has 1 amide bonds. The Morgan fingerprint density at radius 1 is 1.50 bits per heavy atom. The summed E-state index contributed by atoms with van der Waals surface area (Å²) in [5.74, 6) is -1.02. The zero-order valence-electron chi connectivity index (χ0n) is 12.1. The molecule has 0 aliphatic heterocycles. The van der Waals surface area contributed by atoms with Crippen LogP contribution in [0.25, 0.3) is 0 Å². The quantitative estimate of drug-likeness (QED) is 0.730. The minimum atomic E-state index is -0.639. The number of halogens is 1. The Bertz CT molecular complexity index is 442. The summed E-state index contributed by atoms with van der Waals surface area (Å²) in [7, 11) is 5.12. The lowest BCUT2D eigenvalue weighted by atomic mass is 10.2.